The molecule has 3 aliphatic rings. The predicted octanol–water partition coefficient (Wildman–Crippen LogP) is 4.20. The van der Waals surface area contributed by atoms with Crippen molar-refractivity contribution in [2.45, 2.75) is 58.2 Å². The van der Waals surface area contributed by atoms with Crippen LogP contribution in [-0.2, 0) is 14.3 Å². The molecule has 0 aromatic rings. The highest BCUT2D eigenvalue weighted by Gasteiger charge is 2.53. The van der Waals surface area contributed by atoms with Crippen molar-refractivity contribution in [2.75, 3.05) is 6.61 Å². The second-order valence-corrected chi connectivity index (χ2v) is 7.72. The Bertz CT molecular complexity index is 557. The Morgan fingerprint density at radius 1 is 1.35 bits per heavy atom. The summed E-state index contributed by atoms with van der Waals surface area (Å²) in [4.78, 5) is 12.4. The van der Waals surface area contributed by atoms with Crippen LogP contribution in [0.4, 0.5) is 0 Å². The van der Waals surface area contributed by atoms with Crippen molar-refractivity contribution in [1.82, 2.24) is 0 Å². The number of epoxide rings is 1. The minimum Gasteiger partial charge on any atom is -0.461 e. The zero-order valence-corrected chi connectivity index (χ0v) is 14.5. The van der Waals surface area contributed by atoms with E-state index in [1.54, 1.807) is 0 Å². The zero-order valence-electron chi connectivity index (χ0n) is 14.5. The topological polar surface area (TPSA) is 38.8 Å². The number of carbonyl (C=O) groups is 1. The lowest BCUT2D eigenvalue weighted by atomic mass is 9.76. The van der Waals surface area contributed by atoms with Crippen LogP contribution in [0.3, 0.4) is 0 Å². The molecule has 3 heteroatoms. The van der Waals surface area contributed by atoms with Crippen LogP contribution in [0.1, 0.15) is 46.5 Å². The van der Waals surface area contributed by atoms with E-state index in [9.17, 15) is 4.79 Å². The summed E-state index contributed by atoms with van der Waals surface area (Å²) in [5.74, 6) is 0.458. The van der Waals surface area contributed by atoms with E-state index in [-0.39, 0.29) is 23.4 Å². The molecule has 2 heterocycles. The molecule has 126 valence electrons. The van der Waals surface area contributed by atoms with Crippen molar-refractivity contribution < 1.29 is 14.3 Å². The Morgan fingerprint density at radius 3 is 2.87 bits per heavy atom. The highest BCUT2D eigenvalue weighted by molar-refractivity contribution is 5.78. The molecule has 0 bridgehead atoms. The Balaban J connectivity index is 1.85. The summed E-state index contributed by atoms with van der Waals surface area (Å²) in [5.41, 5.74) is 2.24. The quantitative estimate of drug-likeness (QED) is 0.435. The van der Waals surface area contributed by atoms with Gasteiger partial charge in [-0.2, -0.15) is 0 Å². The second kappa shape index (κ2) is 6.27. The second-order valence-electron chi connectivity index (χ2n) is 7.72. The summed E-state index contributed by atoms with van der Waals surface area (Å²) in [6, 6.07) is 0. The van der Waals surface area contributed by atoms with Crippen LogP contribution >= 0.6 is 0 Å². The number of carbonyl (C=O) groups excluding carboxylic acids is 1. The molecular formula is C20H28O3. The maximum Gasteiger partial charge on any atom is 0.313 e. The molecule has 0 amide bonds. The number of hydrogen-bond acceptors (Lipinski definition) is 3. The normalized spacial score (nSPS) is 39.5. The van der Waals surface area contributed by atoms with Gasteiger partial charge in [0.1, 0.15) is 6.61 Å². The lowest BCUT2D eigenvalue weighted by Gasteiger charge is -2.34. The van der Waals surface area contributed by atoms with Gasteiger partial charge in [0.25, 0.3) is 0 Å². The minimum atomic E-state index is -0.177. The van der Waals surface area contributed by atoms with Crippen LogP contribution in [0, 0.1) is 17.8 Å². The van der Waals surface area contributed by atoms with E-state index in [1.165, 1.54) is 5.57 Å². The molecule has 4 unspecified atom stereocenters. The molecule has 1 aliphatic carbocycles. The van der Waals surface area contributed by atoms with Gasteiger partial charge >= 0.3 is 5.97 Å². The van der Waals surface area contributed by atoms with Crippen molar-refractivity contribution in [1.29, 1.82) is 0 Å². The lowest BCUT2D eigenvalue weighted by Crippen LogP contribution is -2.36. The fourth-order valence-electron chi connectivity index (χ4n) is 3.90. The van der Waals surface area contributed by atoms with E-state index < -0.39 is 0 Å². The van der Waals surface area contributed by atoms with Crippen molar-refractivity contribution in [3.8, 4) is 0 Å². The molecule has 0 aromatic heterocycles. The third-order valence-electron chi connectivity index (χ3n) is 5.47. The number of cyclic esters (lactones) is 1. The predicted molar refractivity (Wildman–Crippen MR) is 90.9 cm³/mol. The highest BCUT2D eigenvalue weighted by Crippen LogP contribution is 2.49. The Labute approximate surface area is 139 Å². The summed E-state index contributed by atoms with van der Waals surface area (Å²) < 4.78 is 11.3. The van der Waals surface area contributed by atoms with Gasteiger partial charge in [0.15, 0.2) is 0 Å². The lowest BCUT2D eigenvalue weighted by molar-refractivity contribution is -0.151. The highest BCUT2D eigenvalue weighted by atomic mass is 16.6. The largest absolute Gasteiger partial charge is 0.461 e. The van der Waals surface area contributed by atoms with Gasteiger partial charge in [0.05, 0.1) is 17.6 Å². The van der Waals surface area contributed by atoms with Crippen LogP contribution in [-0.4, -0.2) is 24.3 Å². The monoisotopic (exact) mass is 316 g/mol. The molecule has 3 nitrogen and oxygen atoms in total. The number of ether oxygens (including phenoxy) is 2. The summed E-state index contributed by atoms with van der Waals surface area (Å²) in [5, 5.41) is 0. The van der Waals surface area contributed by atoms with E-state index in [1.807, 2.05) is 0 Å². The van der Waals surface area contributed by atoms with Crippen LogP contribution in [0.5, 0.6) is 0 Å². The molecule has 2 saturated heterocycles. The van der Waals surface area contributed by atoms with E-state index in [4.69, 9.17) is 9.47 Å². The first-order chi connectivity index (χ1) is 10.9. The molecule has 4 atom stereocenters. The molecular weight excluding hydrogens is 288 g/mol. The van der Waals surface area contributed by atoms with Gasteiger partial charge in [0, 0.05) is 5.92 Å². The smallest absolute Gasteiger partial charge is 0.313 e. The van der Waals surface area contributed by atoms with E-state index >= 15 is 0 Å². The molecule has 0 spiro atoms. The molecule has 2 aliphatic heterocycles. The molecule has 0 aromatic carbocycles. The first-order valence-corrected chi connectivity index (χ1v) is 8.80. The number of esters is 1. The first kappa shape index (κ1) is 16.5. The van der Waals surface area contributed by atoms with Gasteiger partial charge in [-0.15, -0.1) is 0 Å². The molecule has 3 fully saturated rings. The average Bonchev–Trinajstić information content (AvgIpc) is 3.13. The van der Waals surface area contributed by atoms with Crippen molar-refractivity contribution in [3.05, 3.63) is 36.0 Å². The molecule has 0 radical (unpaired) electrons. The number of rotatable bonds is 2. The third-order valence-corrected chi connectivity index (χ3v) is 5.47. The van der Waals surface area contributed by atoms with Gasteiger partial charge in [-0.05, 0) is 44.1 Å². The van der Waals surface area contributed by atoms with Gasteiger partial charge in [-0.1, -0.05) is 44.2 Å². The van der Waals surface area contributed by atoms with Gasteiger partial charge in [-0.25, -0.2) is 0 Å². The fourth-order valence-corrected chi connectivity index (χ4v) is 3.90. The van der Waals surface area contributed by atoms with Crippen LogP contribution in [0.15, 0.2) is 36.0 Å². The number of allylic oxidation sites excluding steroid dienone is 3. The Morgan fingerprint density at radius 2 is 2.13 bits per heavy atom. The first-order valence-electron chi connectivity index (χ1n) is 8.80. The summed E-state index contributed by atoms with van der Waals surface area (Å²) in [6.07, 6.45) is 10.5. The summed E-state index contributed by atoms with van der Waals surface area (Å²) in [6.45, 7) is 11.1. The number of hydrogen-bond donors (Lipinski definition) is 0. The fraction of sp³-hybridized carbons (Fsp3) is 0.650. The average molecular weight is 316 g/mol. The van der Waals surface area contributed by atoms with Crippen LogP contribution < -0.4 is 0 Å². The minimum absolute atomic E-state index is 0.00933. The van der Waals surface area contributed by atoms with Crippen LogP contribution in [0.2, 0.25) is 0 Å². The van der Waals surface area contributed by atoms with Gasteiger partial charge in [-0.3, -0.25) is 4.79 Å². The maximum atomic E-state index is 12.4. The van der Waals surface area contributed by atoms with E-state index in [2.05, 4.69) is 45.6 Å². The molecule has 1 saturated carbocycles. The summed E-state index contributed by atoms with van der Waals surface area (Å²) >= 11 is 0. The van der Waals surface area contributed by atoms with Crippen molar-refractivity contribution in [3.63, 3.8) is 0 Å². The SMILES string of the molecule is C=C1CCC2OC2(C)CCC2C(=CC=CC(C)C)COC(=O)C12. The van der Waals surface area contributed by atoms with E-state index in [0.29, 0.717) is 18.6 Å². The van der Waals surface area contributed by atoms with Crippen LogP contribution in [0.25, 0.3) is 0 Å². The standard InChI is InChI=1S/C20H28O3/c1-13(2)6-5-7-15-12-22-19(21)18-14(3)8-9-17-20(4,23-17)11-10-16(15)18/h5-7,13,16-18H,3,8-12H2,1-2,4H3. The molecule has 23 heavy (non-hydrogen) atoms. The van der Waals surface area contributed by atoms with E-state index in [0.717, 1.165) is 31.3 Å². The zero-order chi connectivity index (χ0) is 16.6. The third kappa shape index (κ3) is 3.45. The molecule has 0 N–H and O–H groups in total. The summed E-state index contributed by atoms with van der Waals surface area (Å²) in [7, 11) is 0. The van der Waals surface area contributed by atoms with Crippen molar-refractivity contribution >= 4 is 5.97 Å². The Hall–Kier alpha value is -1.35. The van der Waals surface area contributed by atoms with Gasteiger partial charge in [0.2, 0.25) is 0 Å². The Kier molecular flexibility index (Phi) is 4.50. The molecule has 3 rings (SSSR count). The van der Waals surface area contributed by atoms with Gasteiger partial charge < -0.3 is 9.47 Å². The van der Waals surface area contributed by atoms with Crippen molar-refractivity contribution in [2.24, 2.45) is 17.8 Å². The number of fused-ring (bicyclic) bond motifs is 2. The maximum absolute atomic E-state index is 12.4.